The number of anilines is 3. The fraction of sp³-hybridized carbons (Fsp3) is 0.316. The number of fused-ring (bicyclic) bond motifs is 1. The van der Waals surface area contributed by atoms with Crippen molar-refractivity contribution in [2.45, 2.75) is 13.5 Å². The molecule has 1 aromatic carbocycles. The Morgan fingerprint density at radius 2 is 1.88 bits per heavy atom. The molecule has 2 aromatic heterocycles. The summed E-state index contributed by atoms with van der Waals surface area (Å²) in [6.45, 7) is 5.86. The van der Waals surface area contributed by atoms with Gasteiger partial charge in [0, 0.05) is 48.7 Å². The van der Waals surface area contributed by atoms with Gasteiger partial charge in [-0.15, -0.1) is 0 Å². The van der Waals surface area contributed by atoms with E-state index in [0.717, 1.165) is 37.4 Å². The number of hydrogen-bond donors (Lipinski definition) is 1. The van der Waals surface area contributed by atoms with E-state index in [1.54, 1.807) is 22.9 Å². The van der Waals surface area contributed by atoms with E-state index in [1.165, 1.54) is 5.69 Å². The molecule has 0 spiro atoms. The summed E-state index contributed by atoms with van der Waals surface area (Å²) < 4.78 is 7.03. The molecule has 0 aliphatic carbocycles. The lowest BCUT2D eigenvalue weighted by atomic mass is 10.2. The first-order valence-corrected chi connectivity index (χ1v) is 8.81. The standard InChI is InChI=1S/C19H21N5O2/c1-2-24-17(25)8-3-14-13-20-19(22-18(14)24)21-15-4-6-16(7-5-15)23-9-11-26-12-10-23/h3-8,13H,2,9-12H2,1H3,(H,20,21,22). The number of ether oxygens (including phenoxy) is 1. The van der Waals surface area contributed by atoms with Gasteiger partial charge in [-0.25, -0.2) is 4.98 Å². The lowest BCUT2D eigenvalue weighted by Gasteiger charge is -2.28. The van der Waals surface area contributed by atoms with Crippen LogP contribution in [-0.4, -0.2) is 40.8 Å². The van der Waals surface area contributed by atoms with Crippen molar-refractivity contribution >= 4 is 28.4 Å². The number of hydrogen-bond acceptors (Lipinski definition) is 6. The van der Waals surface area contributed by atoms with Gasteiger partial charge in [-0.2, -0.15) is 4.98 Å². The second kappa shape index (κ2) is 7.13. The van der Waals surface area contributed by atoms with Crippen LogP contribution in [-0.2, 0) is 11.3 Å². The van der Waals surface area contributed by atoms with E-state index in [4.69, 9.17) is 4.74 Å². The molecule has 0 amide bonds. The van der Waals surface area contributed by atoms with Gasteiger partial charge >= 0.3 is 0 Å². The Morgan fingerprint density at radius 1 is 1.12 bits per heavy atom. The lowest BCUT2D eigenvalue weighted by Crippen LogP contribution is -2.36. The molecule has 7 nitrogen and oxygen atoms in total. The topological polar surface area (TPSA) is 72.3 Å². The SMILES string of the molecule is CCn1c(=O)ccc2cnc(Nc3ccc(N4CCOCC4)cc3)nc21. The molecule has 0 atom stereocenters. The van der Waals surface area contributed by atoms with E-state index in [-0.39, 0.29) is 5.56 Å². The van der Waals surface area contributed by atoms with Gasteiger partial charge in [0.15, 0.2) is 0 Å². The van der Waals surface area contributed by atoms with Crippen LogP contribution < -0.4 is 15.8 Å². The smallest absolute Gasteiger partial charge is 0.252 e. The third-order valence-corrected chi connectivity index (χ3v) is 4.54. The van der Waals surface area contributed by atoms with Crippen LogP contribution in [0.25, 0.3) is 11.0 Å². The first kappa shape index (κ1) is 16.5. The quantitative estimate of drug-likeness (QED) is 0.778. The van der Waals surface area contributed by atoms with Crippen LogP contribution in [0, 0.1) is 0 Å². The van der Waals surface area contributed by atoms with Gasteiger partial charge in [0.2, 0.25) is 5.95 Å². The minimum Gasteiger partial charge on any atom is -0.378 e. The molecule has 0 saturated carbocycles. The van der Waals surface area contributed by atoms with Crippen molar-refractivity contribution in [1.82, 2.24) is 14.5 Å². The maximum atomic E-state index is 12.0. The van der Waals surface area contributed by atoms with Crippen LogP contribution >= 0.6 is 0 Å². The highest BCUT2D eigenvalue weighted by atomic mass is 16.5. The monoisotopic (exact) mass is 351 g/mol. The molecule has 26 heavy (non-hydrogen) atoms. The molecule has 134 valence electrons. The third kappa shape index (κ3) is 3.25. The Hall–Kier alpha value is -2.93. The van der Waals surface area contributed by atoms with Crippen molar-refractivity contribution in [3.63, 3.8) is 0 Å². The Morgan fingerprint density at radius 3 is 2.62 bits per heavy atom. The summed E-state index contributed by atoms with van der Waals surface area (Å²) in [4.78, 5) is 23.2. The number of rotatable bonds is 4. The van der Waals surface area contributed by atoms with Crippen LogP contribution in [0.15, 0.2) is 47.4 Å². The maximum absolute atomic E-state index is 12.0. The van der Waals surface area contributed by atoms with E-state index in [1.807, 2.05) is 19.1 Å². The highest BCUT2D eigenvalue weighted by molar-refractivity contribution is 5.75. The molecule has 3 heterocycles. The van der Waals surface area contributed by atoms with Crippen molar-refractivity contribution in [3.8, 4) is 0 Å². The fourth-order valence-electron chi connectivity index (χ4n) is 3.14. The van der Waals surface area contributed by atoms with Gasteiger partial charge in [0.25, 0.3) is 5.56 Å². The molecule has 1 saturated heterocycles. The molecule has 4 rings (SSSR count). The molecule has 1 fully saturated rings. The summed E-state index contributed by atoms with van der Waals surface area (Å²) >= 11 is 0. The zero-order valence-corrected chi connectivity index (χ0v) is 14.7. The number of aromatic nitrogens is 3. The van der Waals surface area contributed by atoms with Gasteiger partial charge in [-0.1, -0.05) is 0 Å². The highest BCUT2D eigenvalue weighted by Crippen LogP contribution is 2.21. The van der Waals surface area contributed by atoms with Gasteiger partial charge < -0.3 is 15.0 Å². The van der Waals surface area contributed by atoms with Crippen LogP contribution in [0.4, 0.5) is 17.3 Å². The predicted molar refractivity (Wildman–Crippen MR) is 102 cm³/mol. The van der Waals surface area contributed by atoms with E-state index in [2.05, 4.69) is 32.3 Å². The zero-order chi connectivity index (χ0) is 17.9. The summed E-state index contributed by atoms with van der Waals surface area (Å²) in [7, 11) is 0. The van der Waals surface area contributed by atoms with E-state index in [0.29, 0.717) is 18.1 Å². The molecule has 3 aromatic rings. The Bertz CT molecular complexity index is 962. The first-order valence-electron chi connectivity index (χ1n) is 8.81. The molecule has 7 heteroatoms. The number of nitrogens with zero attached hydrogens (tertiary/aromatic N) is 4. The highest BCUT2D eigenvalue weighted by Gasteiger charge is 2.11. The van der Waals surface area contributed by atoms with E-state index in [9.17, 15) is 4.79 Å². The summed E-state index contributed by atoms with van der Waals surface area (Å²) in [6.07, 6.45) is 1.73. The van der Waals surface area contributed by atoms with Gasteiger partial charge in [0.05, 0.1) is 13.2 Å². The van der Waals surface area contributed by atoms with Crippen molar-refractivity contribution in [2.24, 2.45) is 0 Å². The average Bonchev–Trinajstić information content (AvgIpc) is 2.69. The molecular formula is C19H21N5O2. The average molecular weight is 351 g/mol. The largest absolute Gasteiger partial charge is 0.378 e. The number of pyridine rings is 1. The molecule has 1 N–H and O–H groups in total. The summed E-state index contributed by atoms with van der Waals surface area (Å²) in [5.41, 5.74) is 2.67. The van der Waals surface area contributed by atoms with E-state index < -0.39 is 0 Å². The van der Waals surface area contributed by atoms with Crippen molar-refractivity contribution in [2.75, 3.05) is 36.5 Å². The van der Waals surface area contributed by atoms with Crippen molar-refractivity contribution < 1.29 is 4.74 Å². The Kier molecular flexibility index (Phi) is 4.53. The van der Waals surface area contributed by atoms with Crippen molar-refractivity contribution in [1.29, 1.82) is 0 Å². The number of aryl methyl sites for hydroxylation is 1. The molecular weight excluding hydrogens is 330 g/mol. The number of morpholine rings is 1. The predicted octanol–water partition coefficient (Wildman–Crippen LogP) is 2.39. The second-order valence-electron chi connectivity index (χ2n) is 6.16. The number of nitrogens with one attached hydrogen (secondary N) is 1. The van der Waals surface area contributed by atoms with Crippen molar-refractivity contribution in [3.05, 3.63) is 52.9 Å². The van der Waals surface area contributed by atoms with Crippen LogP contribution in [0.3, 0.4) is 0 Å². The molecule has 1 aliphatic heterocycles. The molecule has 0 radical (unpaired) electrons. The van der Waals surface area contributed by atoms with Gasteiger partial charge in [-0.05, 0) is 37.3 Å². The fourth-order valence-corrected chi connectivity index (χ4v) is 3.14. The minimum atomic E-state index is -0.0560. The zero-order valence-electron chi connectivity index (χ0n) is 14.7. The van der Waals surface area contributed by atoms with Gasteiger partial charge in [0.1, 0.15) is 5.65 Å². The molecule has 1 aliphatic rings. The Balaban J connectivity index is 1.57. The summed E-state index contributed by atoms with van der Waals surface area (Å²) in [6, 6.07) is 11.5. The summed E-state index contributed by atoms with van der Waals surface area (Å²) in [5.74, 6) is 0.476. The lowest BCUT2D eigenvalue weighted by molar-refractivity contribution is 0.122. The normalized spacial score (nSPS) is 14.6. The first-order chi connectivity index (χ1) is 12.7. The minimum absolute atomic E-state index is 0.0560. The van der Waals surface area contributed by atoms with Crippen LogP contribution in [0.2, 0.25) is 0 Å². The summed E-state index contributed by atoms with van der Waals surface area (Å²) in [5, 5.41) is 4.06. The van der Waals surface area contributed by atoms with Crippen LogP contribution in [0.5, 0.6) is 0 Å². The van der Waals surface area contributed by atoms with Crippen LogP contribution in [0.1, 0.15) is 6.92 Å². The van der Waals surface area contributed by atoms with E-state index >= 15 is 0 Å². The molecule has 0 bridgehead atoms. The second-order valence-corrected chi connectivity index (χ2v) is 6.16. The maximum Gasteiger partial charge on any atom is 0.252 e. The molecule has 0 unspecified atom stereocenters. The van der Waals surface area contributed by atoms with Gasteiger partial charge in [-0.3, -0.25) is 9.36 Å². The number of benzene rings is 1. The third-order valence-electron chi connectivity index (χ3n) is 4.54. The Labute approximate surface area is 151 Å².